The van der Waals surface area contributed by atoms with Crippen molar-refractivity contribution in [1.82, 2.24) is 5.32 Å². The van der Waals surface area contributed by atoms with E-state index in [0.717, 1.165) is 5.56 Å². The molecule has 142 valence electrons. The second kappa shape index (κ2) is 7.90. The Bertz CT molecular complexity index is 798. The summed E-state index contributed by atoms with van der Waals surface area (Å²) in [6.07, 6.45) is 5.25. The molecule has 1 N–H and O–H groups in total. The molecule has 2 bridgehead atoms. The maximum atomic E-state index is 12.6. The van der Waals surface area contributed by atoms with Crippen LogP contribution in [0.2, 0.25) is 0 Å². The van der Waals surface area contributed by atoms with E-state index in [9.17, 15) is 9.59 Å². The number of carbonyl (C=O) groups is 2. The van der Waals surface area contributed by atoms with Crippen LogP contribution in [0.4, 0.5) is 0 Å². The monoisotopic (exact) mass is 369 g/mol. The van der Waals surface area contributed by atoms with Crippen molar-refractivity contribution >= 4 is 11.9 Å². The van der Waals surface area contributed by atoms with Gasteiger partial charge in [-0.3, -0.25) is 0 Å². The summed E-state index contributed by atoms with van der Waals surface area (Å²) in [6.45, 7) is 4.40. The molecule has 0 unspecified atom stereocenters. The molecule has 0 saturated carbocycles. The molecule has 2 aliphatic heterocycles. The van der Waals surface area contributed by atoms with E-state index >= 15 is 0 Å². The minimum absolute atomic E-state index is 0.191. The first-order chi connectivity index (χ1) is 13.1. The Kier molecular flexibility index (Phi) is 5.58. The average Bonchev–Trinajstić information content (AvgIpc) is 3.28. The fraction of sp³-hybridized carbons (Fsp3) is 0.333. The Morgan fingerprint density at radius 2 is 1.96 bits per heavy atom. The number of carbonyl (C=O) groups excluding carboxylic acids is 2. The third kappa shape index (κ3) is 3.34. The van der Waals surface area contributed by atoms with Gasteiger partial charge < -0.3 is 19.5 Å². The van der Waals surface area contributed by atoms with Crippen LogP contribution in [0, 0.1) is 0 Å². The summed E-state index contributed by atoms with van der Waals surface area (Å²) in [4.78, 5) is 24.9. The molecule has 2 aliphatic rings. The van der Waals surface area contributed by atoms with E-state index in [1.165, 1.54) is 14.2 Å². The van der Waals surface area contributed by atoms with Gasteiger partial charge in [-0.1, -0.05) is 42.5 Å². The highest BCUT2D eigenvalue weighted by atomic mass is 16.6. The van der Waals surface area contributed by atoms with Gasteiger partial charge in [0.15, 0.2) is 0 Å². The molecule has 0 aliphatic carbocycles. The molecular formula is C21H23NO5. The van der Waals surface area contributed by atoms with Crippen LogP contribution in [-0.4, -0.2) is 43.9 Å². The van der Waals surface area contributed by atoms with E-state index in [2.05, 4.69) is 11.9 Å². The molecule has 0 amide bonds. The highest BCUT2D eigenvalue weighted by Crippen LogP contribution is 2.47. The van der Waals surface area contributed by atoms with Crippen LogP contribution < -0.4 is 5.32 Å². The molecule has 6 nitrogen and oxygen atoms in total. The number of nitrogens with one attached hydrogen (secondary N) is 1. The number of fused-ring (bicyclic) bond motifs is 2. The molecular weight excluding hydrogens is 346 g/mol. The van der Waals surface area contributed by atoms with Crippen molar-refractivity contribution in [2.75, 3.05) is 14.2 Å². The minimum Gasteiger partial charge on any atom is -0.466 e. The lowest BCUT2D eigenvalue weighted by molar-refractivity contribution is -0.139. The highest BCUT2D eigenvalue weighted by Gasteiger charge is 2.57. The van der Waals surface area contributed by atoms with E-state index in [1.54, 1.807) is 12.2 Å². The number of esters is 2. The van der Waals surface area contributed by atoms with E-state index in [4.69, 9.17) is 14.2 Å². The van der Waals surface area contributed by atoms with Crippen LogP contribution in [0.1, 0.15) is 12.0 Å². The molecule has 0 aromatic heterocycles. The molecule has 0 fully saturated rings. The zero-order chi connectivity index (χ0) is 19.4. The van der Waals surface area contributed by atoms with Gasteiger partial charge in [-0.25, -0.2) is 9.59 Å². The van der Waals surface area contributed by atoms with Crippen LogP contribution >= 0.6 is 0 Å². The minimum atomic E-state index is -1.11. The van der Waals surface area contributed by atoms with Gasteiger partial charge in [0.25, 0.3) is 0 Å². The van der Waals surface area contributed by atoms with Crippen molar-refractivity contribution in [3.05, 3.63) is 71.8 Å². The number of methoxy groups -OCH3 is 2. The molecule has 3 atom stereocenters. The Labute approximate surface area is 158 Å². The molecule has 0 radical (unpaired) electrons. The normalized spacial score (nSPS) is 24.0. The summed E-state index contributed by atoms with van der Waals surface area (Å²) in [7, 11) is 2.56. The Balaban J connectivity index is 1.97. The molecule has 3 rings (SSSR count). The zero-order valence-electron chi connectivity index (χ0n) is 15.4. The lowest BCUT2D eigenvalue weighted by Gasteiger charge is -2.34. The van der Waals surface area contributed by atoms with Gasteiger partial charge in [0, 0.05) is 12.6 Å². The van der Waals surface area contributed by atoms with E-state index < -0.39 is 23.6 Å². The maximum Gasteiger partial charge on any atom is 0.337 e. The zero-order valence-corrected chi connectivity index (χ0v) is 15.4. The van der Waals surface area contributed by atoms with Gasteiger partial charge in [-0.05, 0) is 18.1 Å². The molecule has 2 heterocycles. The van der Waals surface area contributed by atoms with Gasteiger partial charge in [-0.15, -0.1) is 6.58 Å². The van der Waals surface area contributed by atoms with Crippen LogP contribution in [0.5, 0.6) is 0 Å². The molecule has 1 aromatic carbocycles. The van der Waals surface area contributed by atoms with Gasteiger partial charge in [0.2, 0.25) is 0 Å². The first-order valence-electron chi connectivity index (χ1n) is 8.74. The Morgan fingerprint density at radius 1 is 1.26 bits per heavy atom. The third-order valence-electron chi connectivity index (χ3n) is 4.90. The van der Waals surface area contributed by atoms with Gasteiger partial charge >= 0.3 is 11.9 Å². The quantitative estimate of drug-likeness (QED) is 0.559. The molecule has 0 saturated heterocycles. The van der Waals surface area contributed by atoms with Crippen molar-refractivity contribution in [3.8, 4) is 0 Å². The average molecular weight is 369 g/mol. The van der Waals surface area contributed by atoms with Crippen LogP contribution in [-0.2, 0) is 30.3 Å². The summed E-state index contributed by atoms with van der Waals surface area (Å²) in [5, 5.41) is 3.44. The second-order valence-corrected chi connectivity index (χ2v) is 6.41. The SMILES string of the molecule is C=CC[C@@H](NCc1ccccc1)[C@]12C=C[C@H](O1)C(C(=O)OC)=C2C(=O)OC. The van der Waals surface area contributed by atoms with Crippen molar-refractivity contribution in [1.29, 1.82) is 0 Å². The molecule has 27 heavy (non-hydrogen) atoms. The fourth-order valence-corrected chi connectivity index (χ4v) is 3.65. The van der Waals surface area contributed by atoms with Crippen molar-refractivity contribution in [2.24, 2.45) is 0 Å². The summed E-state index contributed by atoms with van der Waals surface area (Å²) >= 11 is 0. The predicted octanol–water partition coefficient (Wildman–Crippen LogP) is 2.07. The van der Waals surface area contributed by atoms with E-state index in [0.29, 0.717) is 13.0 Å². The summed E-state index contributed by atoms with van der Waals surface area (Å²) in [5.74, 6) is -1.19. The fourth-order valence-electron chi connectivity index (χ4n) is 3.65. The number of benzene rings is 1. The lowest BCUT2D eigenvalue weighted by Crippen LogP contribution is -2.51. The standard InChI is InChI=1S/C21H23NO5/c1-4-8-16(22-13-14-9-6-5-7-10-14)21-12-11-15(27-21)17(19(23)25-2)18(21)20(24)26-3/h4-7,9-12,15-16,22H,1,8,13H2,2-3H3/t15-,16+,21-/m0/s1. The maximum absolute atomic E-state index is 12.6. The molecule has 1 aromatic rings. The number of hydrogen-bond acceptors (Lipinski definition) is 6. The van der Waals surface area contributed by atoms with Crippen molar-refractivity contribution < 1.29 is 23.8 Å². The van der Waals surface area contributed by atoms with Crippen LogP contribution in [0.15, 0.2) is 66.3 Å². The summed E-state index contributed by atoms with van der Waals surface area (Å²) in [5.41, 5.74) is 0.375. The van der Waals surface area contributed by atoms with Crippen molar-refractivity contribution in [2.45, 2.75) is 30.7 Å². The van der Waals surface area contributed by atoms with Crippen molar-refractivity contribution in [3.63, 3.8) is 0 Å². The van der Waals surface area contributed by atoms with E-state index in [-0.39, 0.29) is 17.2 Å². The first-order valence-corrected chi connectivity index (χ1v) is 8.74. The molecule has 0 spiro atoms. The summed E-state index contributed by atoms with van der Waals surface area (Å²) < 4.78 is 16.0. The van der Waals surface area contributed by atoms with Gasteiger partial charge in [0.05, 0.1) is 25.4 Å². The van der Waals surface area contributed by atoms with Crippen LogP contribution in [0.3, 0.4) is 0 Å². The van der Waals surface area contributed by atoms with Crippen LogP contribution in [0.25, 0.3) is 0 Å². The number of rotatable bonds is 8. The van der Waals surface area contributed by atoms with E-state index in [1.807, 2.05) is 36.4 Å². The second-order valence-electron chi connectivity index (χ2n) is 6.41. The highest BCUT2D eigenvalue weighted by molar-refractivity contribution is 6.05. The van der Waals surface area contributed by atoms with Gasteiger partial charge in [0.1, 0.15) is 11.7 Å². The third-order valence-corrected chi connectivity index (χ3v) is 4.90. The first kappa shape index (κ1) is 19.1. The Hall–Kier alpha value is -2.70. The smallest absolute Gasteiger partial charge is 0.337 e. The number of ether oxygens (including phenoxy) is 3. The number of hydrogen-bond donors (Lipinski definition) is 1. The predicted molar refractivity (Wildman–Crippen MR) is 99.7 cm³/mol. The topological polar surface area (TPSA) is 73.9 Å². The lowest BCUT2D eigenvalue weighted by atomic mass is 9.80. The Morgan fingerprint density at radius 3 is 2.59 bits per heavy atom. The molecule has 6 heteroatoms. The summed E-state index contributed by atoms with van der Waals surface area (Å²) in [6, 6.07) is 9.58. The largest absolute Gasteiger partial charge is 0.466 e. The van der Waals surface area contributed by atoms with Gasteiger partial charge in [-0.2, -0.15) is 0 Å².